The molecule has 0 aromatic carbocycles. The van der Waals surface area contributed by atoms with Gasteiger partial charge in [0.15, 0.2) is 0 Å². The Morgan fingerprint density at radius 2 is 2.20 bits per heavy atom. The molecule has 0 aromatic rings. The molecule has 0 N–H and O–H groups in total. The summed E-state index contributed by atoms with van der Waals surface area (Å²) in [5, 5.41) is 0. The minimum atomic E-state index is 0.511. The molecule has 0 radical (unpaired) electrons. The first kappa shape index (κ1) is 8.77. The lowest BCUT2D eigenvalue weighted by atomic mass is 9.79. The number of ether oxygens (including phenoxy) is 2. The molecule has 0 unspecified atom stereocenters. The molecule has 15 heavy (non-hydrogen) atoms. The van der Waals surface area contributed by atoms with Crippen molar-refractivity contribution < 1.29 is 9.47 Å². The standard InChI is InChI=1S/C13H18O2/c1-2-3-14-10-5-7-4-9(10)12-8(7)6-11-13(12)15-11/h2,7-13H,1,3-6H2/t7-,8-,9-,10-,11+,12+,13-/m1/s1. The van der Waals surface area contributed by atoms with Crippen LogP contribution in [0.3, 0.4) is 0 Å². The van der Waals surface area contributed by atoms with E-state index in [1.54, 1.807) is 0 Å². The highest BCUT2D eigenvalue weighted by Crippen LogP contribution is 2.64. The van der Waals surface area contributed by atoms with Gasteiger partial charge in [-0.15, -0.1) is 6.58 Å². The zero-order valence-electron chi connectivity index (χ0n) is 8.97. The summed E-state index contributed by atoms with van der Waals surface area (Å²) in [6.07, 6.45) is 7.71. The van der Waals surface area contributed by atoms with Crippen molar-refractivity contribution in [3.63, 3.8) is 0 Å². The summed E-state index contributed by atoms with van der Waals surface area (Å²) < 4.78 is 11.6. The predicted molar refractivity (Wildman–Crippen MR) is 56.4 cm³/mol. The van der Waals surface area contributed by atoms with E-state index in [0.717, 1.165) is 30.3 Å². The summed E-state index contributed by atoms with van der Waals surface area (Å²) >= 11 is 0. The van der Waals surface area contributed by atoms with Crippen LogP contribution in [0, 0.1) is 23.7 Å². The van der Waals surface area contributed by atoms with Gasteiger partial charge in [0.05, 0.1) is 24.9 Å². The van der Waals surface area contributed by atoms with Crippen molar-refractivity contribution in [2.75, 3.05) is 6.61 Å². The number of hydrogen-bond acceptors (Lipinski definition) is 2. The lowest BCUT2D eigenvalue weighted by Gasteiger charge is -2.32. The maximum Gasteiger partial charge on any atom is 0.0876 e. The molecule has 4 rings (SSSR count). The maximum atomic E-state index is 5.89. The van der Waals surface area contributed by atoms with Crippen molar-refractivity contribution in [3.8, 4) is 0 Å². The molecule has 4 aliphatic rings. The third-order valence-electron chi connectivity index (χ3n) is 5.12. The van der Waals surface area contributed by atoms with E-state index in [9.17, 15) is 0 Å². The summed E-state index contributed by atoms with van der Waals surface area (Å²) in [6, 6.07) is 0. The van der Waals surface area contributed by atoms with Crippen LogP contribution in [0.2, 0.25) is 0 Å². The van der Waals surface area contributed by atoms with Crippen molar-refractivity contribution in [3.05, 3.63) is 12.7 Å². The summed E-state index contributed by atoms with van der Waals surface area (Å²) in [5.74, 6) is 3.59. The quantitative estimate of drug-likeness (QED) is 0.520. The SMILES string of the molecule is C=CCO[C@@H]1C[C@H]2C[C@H]1[C@@H]1[C@@H]2C[C@@H]2O[C@@H]12. The number of hydrogen-bond donors (Lipinski definition) is 0. The molecule has 1 saturated heterocycles. The Morgan fingerprint density at radius 3 is 3.07 bits per heavy atom. The Hall–Kier alpha value is -0.340. The highest BCUT2D eigenvalue weighted by molar-refractivity contribution is 5.14. The zero-order valence-corrected chi connectivity index (χ0v) is 8.97. The van der Waals surface area contributed by atoms with E-state index in [2.05, 4.69) is 6.58 Å². The van der Waals surface area contributed by atoms with E-state index >= 15 is 0 Å². The molecule has 2 heteroatoms. The highest BCUT2D eigenvalue weighted by Gasteiger charge is 2.66. The molecule has 3 aliphatic carbocycles. The molecule has 1 aliphatic heterocycles. The molecule has 2 bridgehead atoms. The monoisotopic (exact) mass is 206 g/mol. The van der Waals surface area contributed by atoms with Crippen molar-refractivity contribution >= 4 is 0 Å². The Kier molecular flexibility index (Phi) is 1.67. The van der Waals surface area contributed by atoms with Crippen LogP contribution in [0.25, 0.3) is 0 Å². The van der Waals surface area contributed by atoms with E-state index < -0.39 is 0 Å². The van der Waals surface area contributed by atoms with Gasteiger partial charge in [-0.05, 0) is 42.9 Å². The fourth-order valence-electron chi connectivity index (χ4n) is 4.63. The van der Waals surface area contributed by atoms with Gasteiger partial charge in [-0.1, -0.05) is 6.08 Å². The highest BCUT2D eigenvalue weighted by atomic mass is 16.6. The van der Waals surface area contributed by atoms with Crippen LogP contribution in [0.4, 0.5) is 0 Å². The second kappa shape index (κ2) is 2.86. The number of fused-ring (bicyclic) bond motifs is 7. The molecular formula is C13H18O2. The van der Waals surface area contributed by atoms with Crippen LogP contribution < -0.4 is 0 Å². The van der Waals surface area contributed by atoms with Gasteiger partial charge in [-0.3, -0.25) is 0 Å². The molecule has 3 saturated carbocycles. The number of epoxide rings is 1. The first-order valence-electron chi connectivity index (χ1n) is 6.26. The average Bonchev–Trinajstić information content (AvgIpc) is 2.65. The van der Waals surface area contributed by atoms with Gasteiger partial charge in [-0.25, -0.2) is 0 Å². The van der Waals surface area contributed by atoms with Crippen LogP contribution in [-0.2, 0) is 9.47 Å². The molecule has 82 valence electrons. The molecular weight excluding hydrogens is 188 g/mol. The van der Waals surface area contributed by atoms with Crippen molar-refractivity contribution in [2.24, 2.45) is 23.7 Å². The summed E-state index contributed by atoms with van der Waals surface area (Å²) in [4.78, 5) is 0. The van der Waals surface area contributed by atoms with Crippen LogP contribution in [-0.4, -0.2) is 24.9 Å². The molecule has 2 nitrogen and oxygen atoms in total. The largest absolute Gasteiger partial charge is 0.374 e. The predicted octanol–water partition coefficient (Wildman–Crippen LogP) is 2.00. The molecule has 1 heterocycles. The van der Waals surface area contributed by atoms with Crippen LogP contribution in [0.1, 0.15) is 19.3 Å². The van der Waals surface area contributed by atoms with Gasteiger partial charge in [0, 0.05) is 0 Å². The van der Waals surface area contributed by atoms with Gasteiger partial charge >= 0.3 is 0 Å². The minimum Gasteiger partial charge on any atom is -0.374 e. The number of rotatable bonds is 3. The third kappa shape index (κ3) is 1.07. The normalized spacial score (nSPS) is 59.1. The van der Waals surface area contributed by atoms with E-state index in [1.807, 2.05) is 6.08 Å². The third-order valence-corrected chi connectivity index (χ3v) is 5.12. The second-order valence-corrected chi connectivity index (χ2v) is 5.67. The summed E-state index contributed by atoms with van der Waals surface area (Å²) in [6.45, 7) is 4.45. The van der Waals surface area contributed by atoms with E-state index in [0.29, 0.717) is 18.3 Å². The molecule has 0 spiro atoms. The van der Waals surface area contributed by atoms with Gasteiger partial charge < -0.3 is 9.47 Å². The fourth-order valence-corrected chi connectivity index (χ4v) is 4.63. The Balaban J connectivity index is 1.52. The zero-order chi connectivity index (χ0) is 9.99. The lowest BCUT2D eigenvalue weighted by Crippen LogP contribution is -2.33. The Bertz CT molecular complexity index is 301. The topological polar surface area (TPSA) is 21.8 Å². The van der Waals surface area contributed by atoms with E-state index in [1.165, 1.54) is 19.3 Å². The van der Waals surface area contributed by atoms with Crippen LogP contribution in [0.15, 0.2) is 12.7 Å². The van der Waals surface area contributed by atoms with Crippen molar-refractivity contribution in [2.45, 2.75) is 37.6 Å². The first-order valence-corrected chi connectivity index (χ1v) is 6.26. The first-order chi connectivity index (χ1) is 7.38. The van der Waals surface area contributed by atoms with Crippen LogP contribution >= 0.6 is 0 Å². The summed E-state index contributed by atoms with van der Waals surface area (Å²) in [5.41, 5.74) is 0. The van der Waals surface area contributed by atoms with E-state index in [4.69, 9.17) is 9.47 Å². The van der Waals surface area contributed by atoms with Crippen molar-refractivity contribution in [1.82, 2.24) is 0 Å². The maximum absolute atomic E-state index is 5.89. The van der Waals surface area contributed by atoms with Gasteiger partial charge in [0.2, 0.25) is 0 Å². The average molecular weight is 206 g/mol. The van der Waals surface area contributed by atoms with Crippen LogP contribution in [0.5, 0.6) is 0 Å². The summed E-state index contributed by atoms with van der Waals surface area (Å²) in [7, 11) is 0. The Morgan fingerprint density at radius 1 is 1.27 bits per heavy atom. The molecule has 0 aromatic heterocycles. The molecule has 0 amide bonds. The fraction of sp³-hybridized carbons (Fsp3) is 0.846. The van der Waals surface area contributed by atoms with E-state index in [-0.39, 0.29) is 0 Å². The lowest BCUT2D eigenvalue weighted by molar-refractivity contribution is -0.0107. The Labute approximate surface area is 90.6 Å². The van der Waals surface area contributed by atoms with Gasteiger partial charge in [0.1, 0.15) is 0 Å². The van der Waals surface area contributed by atoms with Gasteiger partial charge in [-0.2, -0.15) is 0 Å². The second-order valence-electron chi connectivity index (χ2n) is 5.67. The molecule has 7 atom stereocenters. The molecule has 4 fully saturated rings. The minimum absolute atomic E-state index is 0.511. The van der Waals surface area contributed by atoms with Crippen molar-refractivity contribution in [1.29, 1.82) is 0 Å². The van der Waals surface area contributed by atoms with Gasteiger partial charge in [0.25, 0.3) is 0 Å². The smallest absolute Gasteiger partial charge is 0.0876 e.